The molecule has 2 N–H and O–H groups in total. The molecule has 10 heteroatoms. The number of aryl methyl sites for hydroxylation is 2. The van der Waals surface area contributed by atoms with Gasteiger partial charge in [0.05, 0.1) is 17.7 Å². The van der Waals surface area contributed by atoms with Gasteiger partial charge in [-0.25, -0.2) is 13.6 Å². The summed E-state index contributed by atoms with van der Waals surface area (Å²) in [6, 6.07) is 14.2. The third kappa shape index (κ3) is 7.72. The molecular formula is C21H26F3N3O3S. The summed E-state index contributed by atoms with van der Waals surface area (Å²) in [5.74, 6) is 0.650. The predicted octanol–water partition coefficient (Wildman–Crippen LogP) is 4.78. The van der Waals surface area contributed by atoms with Gasteiger partial charge < -0.3 is 4.74 Å². The summed E-state index contributed by atoms with van der Waals surface area (Å²) in [7, 11) is -0.510. The fourth-order valence-electron chi connectivity index (χ4n) is 2.37. The Hall–Kier alpha value is -2.85. The molecule has 0 saturated carbocycles. The summed E-state index contributed by atoms with van der Waals surface area (Å²) in [6.07, 6.45) is -4.43. The second-order valence-electron chi connectivity index (χ2n) is 6.12. The largest absolute Gasteiger partial charge is 0.497 e. The summed E-state index contributed by atoms with van der Waals surface area (Å²) >= 11 is 0. The molecule has 0 radical (unpaired) electrons. The van der Waals surface area contributed by atoms with Crippen LogP contribution in [0, 0.1) is 6.92 Å². The highest BCUT2D eigenvalue weighted by Crippen LogP contribution is 2.31. The van der Waals surface area contributed by atoms with Crippen molar-refractivity contribution in [3.63, 3.8) is 0 Å². The molecule has 0 bridgehead atoms. The minimum Gasteiger partial charge on any atom is -0.497 e. The Labute approximate surface area is 180 Å². The highest BCUT2D eigenvalue weighted by Gasteiger charge is 2.34. The van der Waals surface area contributed by atoms with Crippen molar-refractivity contribution >= 4 is 10.0 Å². The van der Waals surface area contributed by atoms with Gasteiger partial charge in [0, 0.05) is 12.6 Å². The van der Waals surface area contributed by atoms with E-state index in [0.717, 1.165) is 11.6 Å². The van der Waals surface area contributed by atoms with Crippen LogP contribution in [-0.2, 0) is 23.2 Å². The van der Waals surface area contributed by atoms with Crippen LogP contribution in [0.25, 0.3) is 11.3 Å². The molecule has 0 aliphatic rings. The van der Waals surface area contributed by atoms with Gasteiger partial charge in [0.25, 0.3) is 0 Å². The highest BCUT2D eigenvalue weighted by atomic mass is 32.2. The third-order valence-electron chi connectivity index (χ3n) is 3.91. The van der Waals surface area contributed by atoms with E-state index in [1.165, 1.54) is 31.0 Å². The van der Waals surface area contributed by atoms with Gasteiger partial charge in [0.2, 0.25) is 10.0 Å². The van der Waals surface area contributed by atoms with Crippen LogP contribution in [0.3, 0.4) is 0 Å². The monoisotopic (exact) mass is 457 g/mol. The Morgan fingerprint density at radius 3 is 1.90 bits per heavy atom. The van der Waals surface area contributed by atoms with Crippen molar-refractivity contribution in [3.05, 3.63) is 65.9 Å². The van der Waals surface area contributed by atoms with Crippen LogP contribution < -0.4 is 9.88 Å². The summed E-state index contributed by atoms with van der Waals surface area (Å²) in [5.41, 5.74) is 1.18. The number of primary sulfonamides is 1. The van der Waals surface area contributed by atoms with E-state index in [4.69, 9.17) is 9.88 Å². The van der Waals surface area contributed by atoms with Gasteiger partial charge in [-0.15, -0.1) is 0 Å². The van der Waals surface area contributed by atoms with Gasteiger partial charge in [-0.1, -0.05) is 31.5 Å². The zero-order chi connectivity index (χ0) is 23.8. The zero-order valence-corrected chi connectivity index (χ0v) is 18.8. The smallest absolute Gasteiger partial charge is 0.435 e. The first kappa shape index (κ1) is 26.2. The SMILES string of the molecule is CC.COc1ccc(-c2cc(C(F)(F)F)nn2C)cc1.Cc1ccc(S(N)(=O)=O)cc1. The molecule has 2 aromatic carbocycles. The number of halogens is 3. The highest BCUT2D eigenvalue weighted by molar-refractivity contribution is 7.89. The molecule has 31 heavy (non-hydrogen) atoms. The van der Waals surface area contributed by atoms with Crippen molar-refractivity contribution in [2.45, 2.75) is 31.8 Å². The van der Waals surface area contributed by atoms with Crippen LogP contribution in [0.4, 0.5) is 13.2 Å². The van der Waals surface area contributed by atoms with E-state index in [2.05, 4.69) is 5.10 Å². The molecular weight excluding hydrogens is 431 g/mol. The Balaban J connectivity index is 0.000000317. The van der Waals surface area contributed by atoms with E-state index in [1.807, 2.05) is 20.8 Å². The van der Waals surface area contributed by atoms with Gasteiger partial charge in [-0.3, -0.25) is 4.68 Å². The summed E-state index contributed by atoms with van der Waals surface area (Å²) < 4.78 is 65.2. The molecule has 0 fully saturated rings. The lowest BCUT2D eigenvalue weighted by atomic mass is 10.1. The Kier molecular flexibility index (Phi) is 9.26. The Bertz CT molecular complexity index is 1060. The Morgan fingerprint density at radius 2 is 1.52 bits per heavy atom. The second kappa shape index (κ2) is 11.0. The zero-order valence-electron chi connectivity index (χ0n) is 17.9. The third-order valence-corrected chi connectivity index (χ3v) is 4.83. The molecule has 0 unspecified atom stereocenters. The van der Waals surface area contributed by atoms with Gasteiger partial charge in [0.15, 0.2) is 5.69 Å². The molecule has 1 heterocycles. The average molecular weight is 458 g/mol. The number of rotatable bonds is 3. The van der Waals surface area contributed by atoms with E-state index >= 15 is 0 Å². The first-order valence-corrected chi connectivity index (χ1v) is 10.8. The fourth-order valence-corrected chi connectivity index (χ4v) is 2.88. The molecule has 0 amide bonds. The van der Waals surface area contributed by atoms with Crippen molar-refractivity contribution in [3.8, 4) is 17.0 Å². The van der Waals surface area contributed by atoms with Crippen LogP contribution in [0.5, 0.6) is 5.75 Å². The van der Waals surface area contributed by atoms with Crippen LogP contribution >= 0.6 is 0 Å². The first-order valence-electron chi connectivity index (χ1n) is 9.27. The minimum absolute atomic E-state index is 0.156. The van der Waals surface area contributed by atoms with E-state index in [-0.39, 0.29) is 4.90 Å². The van der Waals surface area contributed by atoms with E-state index in [0.29, 0.717) is 17.0 Å². The summed E-state index contributed by atoms with van der Waals surface area (Å²) in [6.45, 7) is 5.88. The second-order valence-corrected chi connectivity index (χ2v) is 7.68. The normalized spacial score (nSPS) is 11.0. The Morgan fingerprint density at radius 1 is 1.00 bits per heavy atom. The van der Waals surface area contributed by atoms with Crippen molar-refractivity contribution in [2.24, 2.45) is 12.2 Å². The van der Waals surface area contributed by atoms with Gasteiger partial charge in [-0.2, -0.15) is 18.3 Å². The number of alkyl halides is 3. The lowest BCUT2D eigenvalue weighted by molar-refractivity contribution is -0.141. The maximum atomic E-state index is 12.5. The lowest BCUT2D eigenvalue weighted by Crippen LogP contribution is -2.11. The molecule has 3 aromatic rings. The quantitative estimate of drug-likeness (QED) is 0.613. The molecule has 0 aliphatic heterocycles. The fraction of sp³-hybridized carbons (Fsp3) is 0.286. The van der Waals surface area contributed by atoms with Gasteiger partial charge >= 0.3 is 6.18 Å². The number of nitrogens with two attached hydrogens (primary N) is 1. The number of sulfonamides is 1. The minimum atomic E-state index is -4.43. The number of hydrogen-bond donors (Lipinski definition) is 1. The van der Waals surface area contributed by atoms with Crippen LogP contribution in [0.15, 0.2) is 59.5 Å². The van der Waals surface area contributed by atoms with Crippen molar-refractivity contribution in [2.75, 3.05) is 7.11 Å². The number of methoxy groups -OCH3 is 1. The number of benzene rings is 2. The number of ether oxygens (including phenoxy) is 1. The molecule has 6 nitrogen and oxygen atoms in total. The van der Waals surface area contributed by atoms with Crippen molar-refractivity contribution < 1.29 is 26.3 Å². The molecule has 0 spiro atoms. The van der Waals surface area contributed by atoms with E-state index < -0.39 is 21.9 Å². The van der Waals surface area contributed by atoms with Gasteiger partial charge in [0.1, 0.15) is 5.75 Å². The molecule has 1 aromatic heterocycles. The molecule has 0 saturated heterocycles. The van der Waals surface area contributed by atoms with E-state index in [1.54, 1.807) is 36.4 Å². The van der Waals surface area contributed by atoms with Crippen LogP contribution in [0.2, 0.25) is 0 Å². The van der Waals surface area contributed by atoms with Crippen LogP contribution in [0.1, 0.15) is 25.1 Å². The van der Waals surface area contributed by atoms with E-state index in [9.17, 15) is 21.6 Å². The average Bonchev–Trinajstić information content (AvgIpc) is 3.12. The standard InChI is InChI=1S/C12H11F3N2O.C7H9NO2S.C2H6/c1-17-10(7-11(16-17)12(13,14)15)8-3-5-9(18-2)6-4-8;1-6-2-4-7(5-3-6)11(8,9)10;1-2/h3-7H,1-2H3;2-5H,1H3,(H2,8,9,10);1-2H3. The lowest BCUT2D eigenvalue weighted by Gasteiger charge is -2.03. The maximum Gasteiger partial charge on any atom is 0.435 e. The number of nitrogens with zero attached hydrogens (tertiary/aromatic N) is 2. The van der Waals surface area contributed by atoms with Crippen molar-refractivity contribution in [1.29, 1.82) is 0 Å². The maximum absolute atomic E-state index is 12.5. The topological polar surface area (TPSA) is 87.2 Å². The first-order chi connectivity index (χ1) is 14.4. The molecule has 3 rings (SSSR count). The van der Waals surface area contributed by atoms with Crippen molar-refractivity contribution in [1.82, 2.24) is 9.78 Å². The van der Waals surface area contributed by atoms with Crippen LogP contribution in [-0.4, -0.2) is 25.3 Å². The number of hydrogen-bond acceptors (Lipinski definition) is 4. The summed E-state index contributed by atoms with van der Waals surface area (Å²) in [4.78, 5) is 0.156. The molecule has 0 aliphatic carbocycles. The van der Waals surface area contributed by atoms with Gasteiger partial charge in [-0.05, 0) is 49.4 Å². The number of aromatic nitrogens is 2. The molecule has 170 valence electrons. The molecule has 0 atom stereocenters. The predicted molar refractivity (Wildman–Crippen MR) is 114 cm³/mol. The summed E-state index contributed by atoms with van der Waals surface area (Å²) in [5, 5.41) is 8.34.